The summed E-state index contributed by atoms with van der Waals surface area (Å²) in [5.74, 6) is -0.0536. The van der Waals surface area contributed by atoms with E-state index in [-0.39, 0.29) is 5.91 Å². The van der Waals surface area contributed by atoms with Crippen LogP contribution in [0.2, 0.25) is 0 Å². The molecule has 0 radical (unpaired) electrons. The van der Waals surface area contributed by atoms with Crippen molar-refractivity contribution in [1.82, 2.24) is 9.69 Å². The second kappa shape index (κ2) is 5.97. The van der Waals surface area contributed by atoms with Crippen molar-refractivity contribution >= 4 is 33.8 Å². The molecule has 0 aliphatic heterocycles. The maximum Gasteiger partial charge on any atom is 0.256 e. The van der Waals surface area contributed by atoms with Crippen molar-refractivity contribution in [3.63, 3.8) is 0 Å². The van der Waals surface area contributed by atoms with Gasteiger partial charge in [0, 0.05) is 18.5 Å². The molecule has 0 aromatic carbocycles. The highest BCUT2D eigenvalue weighted by Gasteiger charge is 2.16. The van der Waals surface area contributed by atoms with Crippen LogP contribution in [0.1, 0.15) is 20.9 Å². The number of aryl methyl sites for hydroxylation is 1. The zero-order valence-corrected chi connectivity index (χ0v) is 12.0. The third-order valence-electron chi connectivity index (χ3n) is 2.55. The monoisotopic (exact) mass is 281 g/mol. The molecule has 2 rings (SSSR count). The van der Waals surface area contributed by atoms with Crippen molar-refractivity contribution in [3.05, 3.63) is 33.6 Å². The predicted octanol–water partition coefficient (Wildman–Crippen LogP) is 2.53. The van der Waals surface area contributed by atoms with Gasteiger partial charge in [-0.05, 0) is 36.3 Å². The Morgan fingerprint density at radius 2 is 2.33 bits per heavy atom. The van der Waals surface area contributed by atoms with E-state index in [4.69, 9.17) is 0 Å². The van der Waals surface area contributed by atoms with Crippen molar-refractivity contribution in [1.29, 1.82) is 0 Å². The molecule has 2 aromatic heterocycles. The van der Waals surface area contributed by atoms with Crippen molar-refractivity contribution in [2.75, 3.05) is 18.9 Å². The van der Waals surface area contributed by atoms with Gasteiger partial charge in [0.2, 0.25) is 0 Å². The molecule has 0 atom stereocenters. The van der Waals surface area contributed by atoms with Crippen molar-refractivity contribution in [2.24, 2.45) is 0 Å². The van der Waals surface area contributed by atoms with Gasteiger partial charge in [0.25, 0.3) is 5.91 Å². The molecule has 0 saturated heterocycles. The molecule has 0 unspecified atom stereocenters. The molecule has 2 aromatic rings. The van der Waals surface area contributed by atoms with Crippen LogP contribution in [0.15, 0.2) is 17.5 Å². The molecule has 2 heterocycles. The highest BCUT2D eigenvalue weighted by molar-refractivity contribution is 7.10. The zero-order chi connectivity index (χ0) is 13.0. The second-order valence-corrected chi connectivity index (χ2v) is 5.61. The number of hydrogen-bond donors (Lipinski definition) is 2. The summed E-state index contributed by atoms with van der Waals surface area (Å²) in [6, 6.07) is 4.10. The molecule has 2 N–H and O–H groups in total. The van der Waals surface area contributed by atoms with Crippen molar-refractivity contribution in [2.45, 2.75) is 13.3 Å². The number of thiophene rings is 1. The lowest BCUT2D eigenvalue weighted by molar-refractivity contribution is 0.0954. The fourth-order valence-electron chi connectivity index (χ4n) is 1.65. The van der Waals surface area contributed by atoms with Gasteiger partial charge in [-0.1, -0.05) is 6.07 Å². The minimum Gasteiger partial charge on any atom is -0.378 e. The van der Waals surface area contributed by atoms with Gasteiger partial charge < -0.3 is 10.6 Å². The van der Waals surface area contributed by atoms with Gasteiger partial charge in [0.15, 0.2) is 0 Å². The lowest BCUT2D eigenvalue weighted by Crippen LogP contribution is -2.26. The number of nitrogens with zero attached hydrogens (tertiary/aromatic N) is 1. The van der Waals surface area contributed by atoms with Crippen LogP contribution in [0.5, 0.6) is 0 Å². The van der Waals surface area contributed by atoms with Gasteiger partial charge in [-0.15, -0.1) is 11.3 Å². The number of amides is 1. The lowest BCUT2D eigenvalue weighted by Gasteiger charge is -2.05. The highest BCUT2D eigenvalue weighted by atomic mass is 32.1. The molecule has 1 amide bonds. The summed E-state index contributed by atoms with van der Waals surface area (Å²) in [5, 5.41) is 8.80. The van der Waals surface area contributed by atoms with Gasteiger partial charge >= 0.3 is 0 Å². The van der Waals surface area contributed by atoms with Crippen molar-refractivity contribution < 1.29 is 4.79 Å². The Hall–Kier alpha value is -1.40. The smallest absolute Gasteiger partial charge is 0.256 e. The topological polar surface area (TPSA) is 54.0 Å². The Morgan fingerprint density at radius 3 is 3.00 bits per heavy atom. The van der Waals surface area contributed by atoms with E-state index in [1.54, 1.807) is 18.4 Å². The number of aromatic nitrogens is 1. The first-order valence-corrected chi connectivity index (χ1v) is 7.32. The van der Waals surface area contributed by atoms with E-state index in [0.29, 0.717) is 12.1 Å². The predicted molar refractivity (Wildman–Crippen MR) is 76.8 cm³/mol. The van der Waals surface area contributed by atoms with Gasteiger partial charge in [-0.3, -0.25) is 4.79 Å². The number of nitrogens with one attached hydrogen (secondary N) is 2. The molecule has 0 bridgehead atoms. The standard InChI is InChI=1S/C12H15N3OS2/c1-8-10(12(13-2)18-15-8)11(16)14-6-5-9-4-3-7-17-9/h3-4,7,13H,5-6H2,1-2H3,(H,14,16). The van der Waals surface area contributed by atoms with E-state index >= 15 is 0 Å². The lowest BCUT2D eigenvalue weighted by atomic mass is 10.2. The normalized spacial score (nSPS) is 10.3. The fourth-order valence-corrected chi connectivity index (χ4v) is 3.10. The van der Waals surface area contributed by atoms with Crippen molar-refractivity contribution in [3.8, 4) is 0 Å². The molecule has 0 aliphatic carbocycles. The van der Waals surface area contributed by atoms with Crippen LogP contribution in [0.3, 0.4) is 0 Å². The van der Waals surface area contributed by atoms with E-state index < -0.39 is 0 Å². The quantitative estimate of drug-likeness (QED) is 0.885. The number of carbonyl (C=O) groups is 1. The van der Waals surface area contributed by atoms with Gasteiger partial charge in [0.1, 0.15) is 5.00 Å². The van der Waals surface area contributed by atoms with E-state index in [2.05, 4.69) is 21.1 Å². The largest absolute Gasteiger partial charge is 0.378 e. The van der Waals surface area contributed by atoms with Crippen LogP contribution in [0.25, 0.3) is 0 Å². The molecule has 0 saturated carbocycles. The van der Waals surface area contributed by atoms with Crippen LogP contribution in [-0.2, 0) is 6.42 Å². The minimum absolute atomic E-state index is 0.0536. The Balaban J connectivity index is 1.93. The number of rotatable bonds is 5. The molecule has 4 nitrogen and oxygen atoms in total. The third-order valence-corrected chi connectivity index (χ3v) is 4.45. The summed E-state index contributed by atoms with van der Waals surface area (Å²) in [6.07, 6.45) is 0.870. The molecule has 96 valence electrons. The first-order valence-electron chi connectivity index (χ1n) is 5.67. The van der Waals surface area contributed by atoms with E-state index in [9.17, 15) is 4.79 Å². The van der Waals surface area contributed by atoms with Gasteiger partial charge in [-0.25, -0.2) is 0 Å². The van der Waals surface area contributed by atoms with Crippen LogP contribution < -0.4 is 10.6 Å². The summed E-state index contributed by atoms with van der Waals surface area (Å²) in [5.41, 5.74) is 1.44. The van der Waals surface area contributed by atoms with Gasteiger partial charge in [0.05, 0.1) is 11.3 Å². The molecule has 18 heavy (non-hydrogen) atoms. The zero-order valence-electron chi connectivity index (χ0n) is 10.3. The molecule has 6 heteroatoms. The average Bonchev–Trinajstić information content (AvgIpc) is 2.98. The first-order chi connectivity index (χ1) is 8.72. The maximum atomic E-state index is 12.1. The van der Waals surface area contributed by atoms with Crippen LogP contribution >= 0.6 is 22.9 Å². The number of anilines is 1. The van der Waals surface area contributed by atoms with E-state index in [0.717, 1.165) is 17.1 Å². The Morgan fingerprint density at radius 1 is 1.50 bits per heavy atom. The number of carbonyl (C=O) groups excluding carboxylic acids is 1. The third kappa shape index (κ3) is 2.88. The van der Waals surface area contributed by atoms with Gasteiger partial charge in [-0.2, -0.15) is 4.37 Å². The Bertz CT molecular complexity index is 519. The van der Waals surface area contributed by atoms with E-state index in [1.807, 2.05) is 18.4 Å². The highest BCUT2D eigenvalue weighted by Crippen LogP contribution is 2.23. The number of hydrogen-bond acceptors (Lipinski definition) is 5. The Labute approximate surface area is 114 Å². The summed E-state index contributed by atoms with van der Waals surface area (Å²) in [7, 11) is 1.80. The summed E-state index contributed by atoms with van der Waals surface area (Å²) in [6.45, 7) is 2.50. The van der Waals surface area contributed by atoms with Crippen LogP contribution in [0.4, 0.5) is 5.00 Å². The second-order valence-electron chi connectivity index (χ2n) is 3.81. The average molecular weight is 281 g/mol. The van der Waals surface area contributed by atoms with Crippen LogP contribution in [-0.4, -0.2) is 23.9 Å². The minimum atomic E-state index is -0.0536. The Kier molecular flexibility index (Phi) is 4.33. The molecule has 0 fully saturated rings. The summed E-state index contributed by atoms with van der Waals surface area (Å²) < 4.78 is 4.19. The van der Waals surface area contributed by atoms with Crippen LogP contribution in [0, 0.1) is 6.92 Å². The van der Waals surface area contributed by atoms with E-state index in [1.165, 1.54) is 16.4 Å². The molecule has 0 spiro atoms. The fraction of sp³-hybridized carbons (Fsp3) is 0.333. The summed E-state index contributed by atoms with van der Waals surface area (Å²) in [4.78, 5) is 13.3. The molecular weight excluding hydrogens is 266 g/mol. The molecular formula is C12H15N3OS2. The first kappa shape index (κ1) is 13.0. The SMILES string of the molecule is CNc1snc(C)c1C(=O)NCCc1cccs1. The molecule has 0 aliphatic rings. The summed E-state index contributed by atoms with van der Waals surface area (Å²) >= 11 is 3.02. The maximum absolute atomic E-state index is 12.1.